The SMILES string of the molecule is Cc1cc(C)c2c(c1)Oc1ccccc1CC2. The van der Waals surface area contributed by atoms with Gasteiger partial charge in [0.25, 0.3) is 0 Å². The van der Waals surface area contributed by atoms with Crippen molar-refractivity contribution in [3.8, 4) is 11.5 Å². The minimum Gasteiger partial charge on any atom is -0.457 e. The van der Waals surface area contributed by atoms with Gasteiger partial charge >= 0.3 is 0 Å². The van der Waals surface area contributed by atoms with Crippen molar-refractivity contribution in [1.82, 2.24) is 0 Å². The number of benzene rings is 2. The average molecular weight is 224 g/mol. The molecular weight excluding hydrogens is 208 g/mol. The standard InChI is InChI=1S/C16H16O/c1-11-9-12(2)14-8-7-13-5-3-4-6-15(13)17-16(14)10-11/h3-6,9-10H,7-8H2,1-2H3. The number of para-hydroxylation sites is 1. The lowest BCUT2D eigenvalue weighted by Gasteiger charge is -2.11. The molecule has 1 aliphatic heterocycles. The molecule has 0 atom stereocenters. The first-order valence-corrected chi connectivity index (χ1v) is 6.10. The third-order valence-corrected chi connectivity index (χ3v) is 3.41. The van der Waals surface area contributed by atoms with Crippen molar-refractivity contribution in [3.63, 3.8) is 0 Å². The number of aryl methyl sites for hydroxylation is 3. The van der Waals surface area contributed by atoms with Crippen LogP contribution in [0.25, 0.3) is 0 Å². The molecule has 2 aromatic rings. The molecule has 3 rings (SSSR count). The lowest BCUT2D eigenvalue weighted by Crippen LogP contribution is -1.93. The molecule has 1 nitrogen and oxygen atoms in total. The summed E-state index contributed by atoms with van der Waals surface area (Å²) in [6.45, 7) is 4.29. The Bertz CT molecular complexity index is 570. The molecule has 0 aliphatic carbocycles. The van der Waals surface area contributed by atoms with Crippen LogP contribution in [-0.2, 0) is 12.8 Å². The van der Waals surface area contributed by atoms with Gasteiger partial charge in [-0.25, -0.2) is 0 Å². The first kappa shape index (κ1) is 10.4. The van der Waals surface area contributed by atoms with Gasteiger partial charge in [-0.1, -0.05) is 24.3 Å². The summed E-state index contributed by atoms with van der Waals surface area (Å²) in [5, 5.41) is 0. The largest absolute Gasteiger partial charge is 0.457 e. The predicted octanol–water partition coefficient (Wildman–Crippen LogP) is 4.19. The zero-order valence-corrected chi connectivity index (χ0v) is 10.3. The second kappa shape index (κ2) is 3.92. The van der Waals surface area contributed by atoms with Crippen molar-refractivity contribution in [2.45, 2.75) is 26.7 Å². The highest BCUT2D eigenvalue weighted by Gasteiger charge is 2.15. The molecule has 1 heterocycles. The predicted molar refractivity (Wildman–Crippen MR) is 69.8 cm³/mol. The van der Waals surface area contributed by atoms with Gasteiger partial charge in [0.1, 0.15) is 11.5 Å². The van der Waals surface area contributed by atoms with E-state index in [2.05, 4.69) is 44.2 Å². The van der Waals surface area contributed by atoms with Crippen molar-refractivity contribution in [2.24, 2.45) is 0 Å². The van der Waals surface area contributed by atoms with Gasteiger partial charge in [0.2, 0.25) is 0 Å². The summed E-state index contributed by atoms with van der Waals surface area (Å²) in [4.78, 5) is 0. The van der Waals surface area contributed by atoms with Gasteiger partial charge < -0.3 is 4.74 Å². The molecule has 1 heteroatoms. The van der Waals surface area contributed by atoms with Gasteiger partial charge in [-0.2, -0.15) is 0 Å². The molecule has 0 N–H and O–H groups in total. The summed E-state index contributed by atoms with van der Waals surface area (Å²) in [5.41, 5.74) is 5.26. The van der Waals surface area contributed by atoms with Crippen LogP contribution in [0.5, 0.6) is 11.5 Å². The van der Waals surface area contributed by atoms with E-state index in [1.54, 1.807) is 0 Å². The van der Waals surface area contributed by atoms with Gasteiger partial charge in [0.15, 0.2) is 0 Å². The maximum absolute atomic E-state index is 6.06. The van der Waals surface area contributed by atoms with Crippen LogP contribution in [-0.4, -0.2) is 0 Å². The quantitative estimate of drug-likeness (QED) is 0.651. The highest BCUT2D eigenvalue weighted by molar-refractivity contribution is 5.49. The van der Waals surface area contributed by atoms with Crippen LogP contribution in [0.15, 0.2) is 36.4 Å². The molecule has 1 aliphatic rings. The van der Waals surface area contributed by atoms with Gasteiger partial charge in [0, 0.05) is 0 Å². The third-order valence-electron chi connectivity index (χ3n) is 3.41. The van der Waals surface area contributed by atoms with Crippen LogP contribution in [0.4, 0.5) is 0 Å². The number of rotatable bonds is 0. The molecule has 86 valence electrons. The van der Waals surface area contributed by atoms with E-state index < -0.39 is 0 Å². The Hall–Kier alpha value is -1.76. The number of fused-ring (bicyclic) bond motifs is 2. The van der Waals surface area contributed by atoms with Gasteiger partial charge in [-0.15, -0.1) is 0 Å². The Labute approximate surface area is 102 Å². The monoisotopic (exact) mass is 224 g/mol. The van der Waals surface area contributed by atoms with Crippen molar-refractivity contribution >= 4 is 0 Å². The topological polar surface area (TPSA) is 9.23 Å². The number of hydrogen-bond acceptors (Lipinski definition) is 1. The van der Waals surface area contributed by atoms with Gasteiger partial charge in [0.05, 0.1) is 0 Å². The second-order valence-corrected chi connectivity index (χ2v) is 4.77. The Morgan fingerprint density at radius 1 is 0.941 bits per heavy atom. The fourth-order valence-corrected chi connectivity index (χ4v) is 2.56. The van der Waals surface area contributed by atoms with Crippen molar-refractivity contribution < 1.29 is 4.74 Å². The first-order chi connectivity index (χ1) is 8.24. The lowest BCUT2D eigenvalue weighted by molar-refractivity contribution is 0.478. The van der Waals surface area contributed by atoms with Crippen molar-refractivity contribution in [1.29, 1.82) is 0 Å². The summed E-state index contributed by atoms with van der Waals surface area (Å²) >= 11 is 0. The zero-order chi connectivity index (χ0) is 11.8. The van der Waals surface area contributed by atoms with Crippen LogP contribution in [0.3, 0.4) is 0 Å². The zero-order valence-electron chi connectivity index (χ0n) is 10.3. The Morgan fingerprint density at radius 3 is 2.65 bits per heavy atom. The molecule has 0 bridgehead atoms. The second-order valence-electron chi connectivity index (χ2n) is 4.77. The van der Waals surface area contributed by atoms with E-state index in [0.717, 1.165) is 24.3 Å². The number of hydrogen-bond donors (Lipinski definition) is 0. The molecule has 0 spiro atoms. The van der Waals surface area contributed by atoms with E-state index in [4.69, 9.17) is 4.74 Å². The van der Waals surface area contributed by atoms with E-state index in [1.165, 1.54) is 22.3 Å². The van der Waals surface area contributed by atoms with Crippen LogP contribution >= 0.6 is 0 Å². The summed E-state index contributed by atoms with van der Waals surface area (Å²) in [6.07, 6.45) is 2.13. The van der Waals surface area contributed by atoms with Crippen LogP contribution in [0.1, 0.15) is 22.3 Å². The molecule has 17 heavy (non-hydrogen) atoms. The molecule has 0 unspecified atom stereocenters. The van der Waals surface area contributed by atoms with Crippen LogP contribution in [0.2, 0.25) is 0 Å². The van der Waals surface area contributed by atoms with Crippen molar-refractivity contribution in [2.75, 3.05) is 0 Å². The molecule has 0 saturated carbocycles. The Morgan fingerprint density at radius 2 is 1.76 bits per heavy atom. The van der Waals surface area contributed by atoms with E-state index in [-0.39, 0.29) is 0 Å². The normalized spacial score (nSPS) is 13.3. The Kier molecular flexibility index (Phi) is 2.40. The molecule has 0 saturated heterocycles. The minimum absolute atomic E-state index is 1.01. The third kappa shape index (κ3) is 1.82. The van der Waals surface area contributed by atoms with Gasteiger partial charge in [-0.3, -0.25) is 0 Å². The lowest BCUT2D eigenvalue weighted by atomic mass is 9.99. The van der Waals surface area contributed by atoms with E-state index in [9.17, 15) is 0 Å². The molecule has 0 amide bonds. The van der Waals surface area contributed by atoms with Gasteiger partial charge in [-0.05, 0) is 61.1 Å². The molecular formula is C16H16O. The minimum atomic E-state index is 1.01. The van der Waals surface area contributed by atoms with Crippen LogP contribution < -0.4 is 4.74 Å². The fourth-order valence-electron chi connectivity index (χ4n) is 2.56. The van der Waals surface area contributed by atoms with Crippen molar-refractivity contribution in [3.05, 3.63) is 58.7 Å². The highest BCUT2D eigenvalue weighted by Crippen LogP contribution is 2.35. The summed E-state index contributed by atoms with van der Waals surface area (Å²) in [7, 11) is 0. The summed E-state index contributed by atoms with van der Waals surface area (Å²) in [6, 6.07) is 12.7. The first-order valence-electron chi connectivity index (χ1n) is 6.10. The van der Waals surface area contributed by atoms with E-state index >= 15 is 0 Å². The number of ether oxygens (including phenoxy) is 1. The fraction of sp³-hybridized carbons (Fsp3) is 0.250. The van der Waals surface area contributed by atoms with Crippen LogP contribution in [0, 0.1) is 13.8 Å². The maximum Gasteiger partial charge on any atom is 0.131 e. The molecule has 0 fully saturated rings. The summed E-state index contributed by atoms with van der Waals surface area (Å²) in [5.74, 6) is 2.05. The summed E-state index contributed by atoms with van der Waals surface area (Å²) < 4.78 is 6.06. The highest BCUT2D eigenvalue weighted by atomic mass is 16.5. The molecule has 2 aromatic carbocycles. The Balaban J connectivity index is 2.14. The van der Waals surface area contributed by atoms with E-state index in [1.807, 2.05) is 6.07 Å². The van der Waals surface area contributed by atoms with E-state index in [0.29, 0.717) is 0 Å². The molecule has 0 aromatic heterocycles. The molecule has 0 radical (unpaired) electrons. The average Bonchev–Trinajstić information content (AvgIpc) is 2.47. The maximum atomic E-state index is 6.06. The smallest absolute Gasteiger partial charge is 0.131 e.